The van der Waals surface area contributed by atoms with E-state index in [0.29, 0.717) is 18.8 Å². The Kier molecular flexibility index (Phi) is 3.80. The summed E-state index contributed by atoms with van der Waals surface area (Å²) in [6.45, 7) is 3.17. The van der Waals surface area contributed by atoms with Gasteiger partial charge in [-0.2, -0.15) is 5.10 Å². The number of aromatic nitrogens is 3. The minimum atomic E-state index is -0.0276. The van der Waals surface area contributed by atoms with Gasteiger partial charge in [-0.05, 0) is 43.2 Å². The zero-order valence-corrected chi connectivity index (χ0v) is 14.3. The Hall–Kier alpha value is -3.02. The molecule has 25 heavy (non-hydrogen) atoms. The number of carbonyl (C=O) groups is 1. The first-order valence-corrected chi connectivity index (χ1v) is 8.31. The monoisotopic (exact) mass is 336 g/mol. The van der Waals surface area contributed by atoms with E-state index in [1.165, 1.54) is 11.1 Å². The van der Waals surface area contributed by atoms with Crippen molar-refractivity contribution < 1.29 is 9.53 Å². The highest BCUT2D eigenvalue weighted by atomic mass is 16.5. The van der Waals surface area contributed by atoms with Gasteiger partial charge in [-0.15, -0.1) is 0 Å². The van der Waals surface area contributed by atoms with Gasteiger partial charge in [-0.3, -0.25) is 9.89 Å². The first-order valence-electron chi connectivity index (χ1n) is 8.31. The number of rotatable bonds is 3. The van der Waals surface area contributed by atoms with Crippen molar-refractivity contribution in [3.05, 3.63) is 53.5 Å². The Morgan fingerprint density at radius 3 is 2.88 bits per heavy atom. The molecule has 0 unspecified atom stereocenters. The smallest absolute Gasteiger partial charge is 0.274 e. The molecule has 1 aliphatic heterocycles. The SMILES string of the molecule is COc1ccc2[nH]cc(C3=CCN(C(=O)c4cc(C)[nH]n4)CC3)c2c1. The van der Waals surface area contributed by atoms with Gasteiger partial charge in [0.1, 0.15) is 11.4 Å². The van der Waals surface area contributed by atoms with Crippen LogP contribution in [0.4, 0.5) is 0 Å². The van der Waals surface area contributed by atoms with Crippen molar-refractivity contribution in [2.45, 2.75) is 13.3 Å². The fraction of sp³-hybridized carbons (Fsp3) is 0.263. The summed E-state index contributed by atoms with van der Waals surface area (Å²) in [6.07, 6.45) is 4.98. The zero-order chi connectivity index (χ0) is 17.4. The fourth-order valence-corrected chi connectivity index (χ4v) is 3.28. The Bertz CT molecular complexity index is 967. The number of hydrogen-bond acceptors (Lipinski definition) is 3. The van der Waals surface area contributed by atoms with Crippen molar-refractivity contribution in [2.75, 3.05) is 20.2 Å². The summed E-state index contributed by atoms with van der Waals surface area (Å²) in [7, 11) is 1.67. The van der Waals surface area contributed by atoms with Crippen LogP contribution in [0.25, 0.3) is 16.5 Å². The molecule has 4 rings (SSSR count). The summed E-state index contributed by atoms with van der Waals surface area (Å²) in [5, 5.41) is 8.03. The maximum atomic E-state index is 12.5. The molecule has 0 saturated carbocycles. The Labute approximate surface area is 145 Å². The predicted molar refractivity (Wildman–Crippen MR) is 96.7 cm³/mol. The van der Waals surface area contributed by atoms with E-state index in [2.05, 4.69) is 21.3 Å². The number of ether oxygens (including phenoxy) is 1. The third-order valence-electron chi connectivity index (χ3n) is 4.66. The van der Waals surface area contributed by atoms with Gasteiger partial charge in [0.25, 0.3) is 5.91 Å². The number of nitrogens with one attached hydrogen (secondary N) is 2. The molecule has 0 aliphatic carbocycles. The van der Waals surface area contributed by atoms with Crippen molar-refractivity contribution in [2.24, 2.45) is 0 Å². The van der Waals surface area contributed by atoms with Crippen LogP contribution < -0.4 is 4.74 Å². The van der Waals surface area contributed by atoms with Crippen LogP contribution in [0.3, 0.4) is 0 Å². The van der Waals surface area contributed by atoms with E-state index in [-0.39, 0.29) is 5.91 Å². The van der Waals surface area contributed by atoms with Crippen LogP contribution in [0, 0.1) is 6.92 Å². The summed E-state index contributed by atoms with van der Waals surface area (Å²) >= 11 is 0. The second-order valence-corrected chi connectivity index (χ2v) is 6.28. The molecule has 1 aromatic carbocycles. The van der Waals surface area contributed by atoms with Crippen LogP contribution >= 0.6 is 0 Å². The van der Waals surface area contributed by atoms with Crippen molar-refractivity contribution in [1.29, 1.82) is 0 Å². The Balaban J connectivity index is 1.57. The van der Waals surface area contributed by atoms with E-state index >= 15 is 0 Å². The Morgan fingerprint density at radius 2 is 2.20 bits per heavy atom. The van der Waals surface area contributed by atoms with Gasteiger partial charge in [0, 0.05) is 41.4 Å². The van der Waals surface area contributed by atoms with Crippen molar-refractivity contribution >= 4 is 22.4 Å². The summed E-state index contributed by atoms with van der Waals surface area (Å²) < 4.78 is 5.34. The molecule has 0 fully saturated rings. The topological polar surface area (TPSA) is 74.0 Å². The molecule has 6 nitrogen and oxygen atoms in total. The lowest BCUT2D eigenvalue weighted by molar-refractivity contribution is 0.0767. The highest BCUT2D eigenvalue weighted by Gasteiger charge is 2.22. The zero-order valence-electron chi connectivity index (χ0n) is 14.3. The van der Waals surface area contributed by atoms with E-state index in [0.717, 1.165) is 28.8 Å². The first-order chi connectivity index (χ1) is 12.2. The molecular weight excluding hydrogens is 316 g/mol. The molecule has 3 heterocycles. The highest BCUT2D eigenvalue weighted by Crippen LogP contribution is 2.31. The molecule has 1 aliphatic rings. The van der Waals surface area contributed by atoms with Gasteiger partial charge in [0.2, 0.25) is 0 Å². The number of methoxy groups -OCH3 is 1. The summed E-state index contributed by atoms with van der Waals surface area (Å²) in [5.74, 6) is 0.815. The fourth-order valence-electron chi connectivity index (χ4n) is 3.28. The largest absolute Gasteiger partial charge is 0.497 e. The quantitative estimate of drug-likeness (QED) is 0.772. The Morgan fingerprint density at radius 1 is 1.32 bits per heavy atom. The van der Waals surface area contributed by atoms with Gasteiger partial charge in [0.15, 0.2) is 0 Å². The molecular formula is C19H20N4O2. The van der Waals surface area contributed by atoms with E-state index in [9.17, 15) is 4.79 Å². The number of hydrogen-bond donors (Lipinski definition) is 2. The van der Waals surface area contributed by atoms with Crippen molar-refractivity contribution in [3.63, 3.8) is 0 Å². The molecule has 6 heteroatoms. The molecule has 0 spiro atoms. The minimum Gasteiger partial charge on any atom is -0.497 e. The van der Waals surface area contributed by atoms with Gasteiger partial charge < -0.3 is 14.6 Å². The number of carbonyl (C=O) groups excluding carboxylic acids is 1. The van der Waals surface area contributed by atoms with Crippen LogP contribution in [-0.2, 0) is 0 Å². The average Bonchev–Trinajstić information content (AvgIpc) is 3.27. The lowest BCUT2D eigenvalue weighted by atomic mass is 9.98. The summed E-state index contributed by atoms with van der Waals surface area (Å²) in [6, 6.07) is 7.81. The van der Waals surface area contributed by atoms with E-state index in [1.54, 1.807) is 13.2 Å². The molecule has 3 aromatic rings. The number of benzene rings is 1. The molecule has 0 radical (unpaired) electrons. The third kappa shape index (κ3) is 2.80. The van der Waals surface area contributed by atoms with Gasteiger partial charge in [-0.1, -0.05) is 6.08 Å². The number of H-pyrrole nitrogens is 2. The molecule has 0 atom stereocenters. The average molecular weight is 336 g/mol. The number of amides is 1. The van der Waals surface area contributed by atoms with Crippen LogP contribution in [0.5, 0.6) is 5.75 Å². The molecule has 0 saturated heterocycles. The number of nitrogens with zero attached hydrogens (tertiary/aromatic N) is 2. The number of aromatic amines is 2. The lowest BCUT2D eigenvalue weighted by Gasteiger charge is -2.25. The van der Waals surface area contributed by atoms with Crippen molar-refractivity contribution in [3.8, 4) is 5.75 Å². The first kappa shape index (κ1) is 15.5. The maximum Gasteiger partial charge on any atom is 0.274 e. The van der Waals surface area contributed by atoms with Crippen molar-refractivity contribution in [1.82, 2.24) is 20.1 Å². The summed E-state index contributed by atoms with van der Waals surface area (Å²) in [4.78, 5) is 17.6. The van der Waals surface area contributed by atoms with Gasteiger partial charge in [0.05, 0.1) is 7.11 Å². The summed E-state index contributed by atoms with van der Waals surface area (Å²) in [5.41, 5.74) is 4.89. The third-order valence-corrected chi connectivity index (χ3v) is 4.66. The lowest BCUT2D eigenvalue weighted by Crippen LogP contribution is -2.34. The molecule has 2 aromatic heterocycles. The molecule has 128 valence electrons. The van der Waals surface area contributed by atoms with Crippen LogP contribution in [0.1, 0.15) is 28.2 Å². The van der Waals surface area contributed by atoms with E-state index in [1.807, 2.05) is 36.2 Å². The standard InChI is InChI=1S/C19H20N4O2/c1-12-9-18(22-21-12)19(24)23-7-5-13(6-8-23)16-11-20-17-4-3-14(25-2)10-15(16)17/h3-5,9-11,20H,6-8H2,1-2H3,(H,21,22). The normalized spacial score (nSPS) is 14.6. The second kappa shape index (κ2) is 6.12. The van der Waals surface area contributed by atoms with Crippen LogP contribution in [0.15, 0.2) is 36.5 Å². The minimum absolute atomic E-state index is 0.0276. The van der Waals surface area contributed by atoms with Crippen LogP contribution in [-0.4, -0.2) is 46.2 Å². The molecule has 0 bridgehead atoms. The molecule has 2 N–H and O–H groups in total. The maximum absolute atomic E-state index is 12.5. The van der Waals surface area contributed by atoms with E-state index in [4.69, 9.17) is 4.74 Å². The second-order valence-electron chi connectivity index (χ2n) is 6.28. The molecule has 1 amide bonds. The highest BCUT2D eigenvalue weighted by molar-refractivity contribution is 5.95. The van der Waals surface area contributed by atoms with E-state index < -0.39 is 0 Å². The number of fused-ring (bicyclic) bond motifs is 1. The van der Waals surface area contributed by atoms with Gasteiger partial charge in [-0.25, -0.2) is 0 Å². The van der Waals surface area contributed by atoms with Crippen LogP contribution in [0.2, 0.25) is 0 Å². The van der Waals surface area contributed by atoms with Gasteiger partial charge >= 0.3 is 0 Å². The number of aryl methyl sites for hydroxylation is 1. The predicted octanol–water partition coefficient (Wildman–Crippen LogP) is 3.14.